The number of sulfonamides is 1. The second-order valence-electron chi connectivity index (χ2n) is 5.97. The number of carbonyl (C=O) groups is 2. The number of benzene rings is 1. The van der Waals surface area contributed by atoms with Crippen LogP contribution < -0.4 is 5.32 Å². The highest BCUT2D eigenvalue weighted by Gasteiger charge is 2.28. The average Bonchev–Trinajstić information content (AvgIpc) is 2.63. The molecule has 0 aliphatic carbocycles. The van der Waals surface area contributed by atoms with Gasteiger partial charge in [-0.25, -0.2) is 8.42 Å². The first-order chi connectivity index (χ1) is 12.3. The van der Waals surface area contributed by atoms with Crippen LogP contribution in [0.3, 0.4) is 0 Å². The van der Waals surface area contributed by atoms with Crippen LogP contribution in [-0.4, -0.2) is 57.0 Å². The Balaban J connectivity index is 2.18. The van der Waals surface area contributed by atoms with Gasteiger partial charge in [0.25, 0.3) is 5.91 Å². The molecule has 26 heavy (non-hydrogen) atoms. The molecular formula is C17H24N2O6S. The third-order valence-electron chi connectivity index (χ3n) is 4.01. The highest BCUT2D eigenvalue weighted by atomic mass is 32.2. The predicted octanol–water partition coefficient (Wildman–Crippen LogP) is 1.30. The highest BCUT2D eigenvalue weighted by Crippen LogP contribution is 2.24. The molecule has 1 amide bonds. The highest BCUT2D eigenvalue weighted by molar-refractivity contribution is 7.89. The van der Waals surface area contributed by atoms with Crippen LogP contribution in [0.5, 0.6) is 0 Å². The number of carbonyl (C=O) groups excluding carboxylic acids is 2. The number of morpholine rings is 1. The molecule has 0 spiro atoms. The molecule has 8 nitrogen and oxygen atoms in total. The van der Waals surface area contributed by atoms with Gasteiger partial charge < -0.3 is 14.8 Å². The fourth-order valence-corrected chi connectivity index (χ4v) is 4.12. The third-order valence-corrected chi connectivity index (χ3v) is 6.05. The SMILES string of the molecule is CCC(=O)O[C@H](C)C(=O)Nc1ccc(C)c(S(=O)(=O)N2CCOCC2)c1. The Morgan fingerprint density at radius 1 is 1.31 bits per heavy atom. The van der Waals surface area contributed by atoms with E-state index in [2.05, 4.69) is 5.32 Å². The zero-order valence-electron chi connectivity index (χ0n) is 15.1. The maximum atomic E-state index is 12.9. The van der Waals surface area contributed by atoms with Crippen molar-refractivity contribution in [1.29, 1.82) is 0 Å². The van der Waals surface area contributed by atoms with Crippen LogP contribution in [0.25, 0.3) is 0 Å². The number of rotatable bonds is 6. The minimum atomic E-state index is -3.68. The minimum absolute atomic E-state index is 0.135. The first kappa shape index (κ1) is 20.3. The van der Waals surface area contributed by atoms with Crippen molar-refractivity contribution in [2.75, 3.05) is 31.6 Å². The Bertz CT molecular complexity index is 771. The molecule has 1 aromatic rings. The summed E-state index contributed by atoms with van der Waals surface area (Å²) in [7, 11) is -3.68. The van der Waals surface area contributed by atoms with Gasteiger partial charge in [0, 0.05) is 25.2 Å². The van der Waals surface area contributed by atoms with Crippen LogP contribution in [0.15, 0.2) is 23.1 Å². The van der Waals surface area contributed by atoms with Gasteiger partial charge in [-0.15, -0.1) is 0 Å². The lowest BCUT2D eigenvalue weighted by atomic mass is 10.2. The molecule has 1 fully saturated rings. The van der Waals surface area contributed by atoms with E-state index in [1.54, 1.807) is 26.0 Å². The first-order valence-electron chi connectivity index (χ1n) is 8.44. The second-order valence-corrected chi connectivity index (χ2v) is 7.88. The van der Waals surface area contributed by atoms with Crippen molar-refractivity contribution >= 4 is 27.6 Å². The molecule has 9 heteroatoms. The fraction of sp³-hybridized carbons (Fsp3) is 0.529. The number of nitrogens with one attached hydrogen (secondary N) is 1. The molecule has 1 aliphatic heterocycles. The van der Waals surface area contributed by atoms with Crippen LogP contribution in [0.4, 0.5) is 5.69 Å². The zero-order chi connectivity index (χ0) is 19.3. The molecule has 0 bridgehead atoms. The summed E-state index contributed by atoms with van der Waals surface area (Å²) in [4.78, 5) is 23.6. The Morgan fingerprint density at radius 2 is 1.96 bits per heavy atom. The molecule has 0 aromatic heterocycles. The smallest absolute Gasteiger partial charge is 0.306 e. The van der Waals surface area contributed by atoms with Gasteiger partial charge in [-0.1, -0.05) is 13.0 Å². The molecule has 1 atom stereocenters. The lowest BCUT2D eigenvalue weighted by molar-refractivity contribution is -0.152. The van der Waals surface area contributed by atoms with Gasteiger partial charge in [-0.2, -0.15) is 4.31 Å². The summed E-state index contributed by atoms with van der Waals surface area (Å²) in [6, 6.07) is 4.66. The van der Waals surface area contributed by atoms with Crippen molar-refractivity contribution in [1.82, 2.24) is 4.31 Å². The van der Waals surface area contributed by atoms with Crippen molar-refractivity contribution in [3.05, 3.63) is 23.8 Å². The van der Waals surface area contributed by atoms with Gasteiger partial charge in [-0.05, 0) is 31.5 Å². The Kier molecular flexibility index (Phi) is 6.74. The van der Waals surface area contributed by atoms with E-state index in [9.17, 15) is 18.0 Å². The second kappa shape index (κ2) is 8.61. The Hall–Kier alpha value is -1.97. The van der Waals surface area contributed by atoms with E-state index in [0.29, 0.717) is 37.6 Å². The molecule has 1 aromatic carbocycles. The lowest BCUT2D eigenvalue weighted by Crippen LogP contribution is -2.40. The van der Waals surface area contributed by atoms with Gasteiger partial charge in [0.15, 0.2) is 6.10 Å². The van der Waals surface area contributed by atoms with Gasteiger partial charge in [0.05, 0.1) is 18.1 Å². The van der Waals surface area contributed by atoms with Crippen LogP contribution in [-0.2, 0) is 29.1 Å². The van der Waals surface area contributed by atoms with Crippen LogP contribution in [0.1, 0.15) is 25.8 Å². The van der Waals surface area contributed by atoms with Crippen LogP contribution >= 0.6 is 0 Å². The standard InChI is InChI=1S/C17H24N2O6S/c1-4-16(20)25-13(3)17(21)18-14-6-5-12(2)15(11-14)26(22,23)19-7-9-24-10-8-19/h5-6,11,13H,4,7-10H2,1-3H3,(H,18,21)/t13-/m1/s1. The predicted molar refractivity (Wildman–Crippen MR) is 95.2 cm³/mol. The van der Waals surface area contributed by atoms with E-state index in [0.717, 1.165) is 0 Å². The molecule has 1 saturated heterocycles. The topological polar surface area (TPSA) is 102 Å². The normalized spacial score (nSPS) is 16.7. The van der Waals surface area contributed by atoms with E-state index in [1.807, 2.05) is 0 Å². The number of nitrogens with zero attached hydrogens (tertiary/aromatic N) is 1. The van der Waals surface area contributed by atoms with E-state index in [1.165, 1.54) is 17.3 Å². The molecular weight excluding hydrogens is 360 g/mol. The van der Waals surface area contributed by atoms with Crippen molar-refractivity contribution in [3.63, 3.8) is 0 Å². The fourth-order valence-electron chi connectivity index (χ4n) is 2.46. The van der Waals surface area contributed by atoms with E-state index in [4.69, 9.17) is 9.47 Å². The number of hydrogen-bond donors (Lipinski definition) is 1. The van der Waals surface area contributed by atoms with E-state index in [-0.39, 0.29) is 11.3 Å². The monoisotopic (exact) mass is 384 g/mol. The maximum absolute atomic E-state index is 12.9. The zero-order valence-corrected chi connectivity index (χ0v) is 16.0. The van der Waals surface area contributed by atoms with Gasteiger partial charge in [0.1, 0.15) is 0 Å². The van der Waals surface area contributed by atoms with Crippen LogP contribution in [0.2, 0.25) is 0 Å². The van der Waals surface area contributed by atoms with E-state index < -0.39 is 28.0 Å². The minimum Gasteiger partial charge on any atom is -0.453 e. The summed E-state index contributed by atoms with van der Waals surface area (Å²) in [5.74, 6) is -1.00. The number of ether oxygens (including phenoxy) is 2. The van der Waals surface area contributed by atoms with Gasteiger partial charge in [0.2, 0.25) is 10.0 Å². The summed E-state index contributed by atoms with van der Waals surface area (Å²) in [5.41, 5.74) is 0.909. The van der Waals surface area contributed by atoms with Crippen molar-refractivity contribution in [2.45, 2.75) is 38.2 Å². The van der Waals surface area contributed by atoms with Crippen LogP contribution in [0, 0.1) is 6.92 Å². The molecule has 1 aliphatic rings. The van der Waals surface area contributed by atoms with Crippen molar-refractivity contribution in [2.24, 2.45) is 0 Å². The lowest BCUT2D eigenvalue weighted by Gasteiger charge is -2.27. The molecule has 1 N–H and O–H groups in total. The quantitative estimate of drug-likeness (QED) is 0.742. The number of hydrogen-bond acceptors (Lipinski definition) is 6. The summed E-state index contributed by atoms with van der Waals surface area (Å²) in [6.07, 6.45) is -0.799. The van der Waals surface area contributed by atoms with Gasteiger partial charge in [-0.3, -0.25) is 9.59 Å². The number of amides is 1. The Morgan fingerprint density at radius 3 is 2.58 bits per heavy atom. The molecule has 2 rings (SSSR count). The molecule has 1 heterocycles. The summed E-state index contributed by atoms with van der Waals surface area (Å²) < 4.78 is 37.2. The molecule has 0 saturated carbocycles. The molecule has 144 valence electrons. The van der Waals surface area contributed by atoms with Crippen molar-refractivity contribution < 1.29 is 27.5 Å². The average molecular weight is 384 g/mol. The van der Waals surface area contributed by atoms with Gasteiger partial charge >= 0.3 is 5.97 Å². The Labute approximate surface area is 153 Å². The molecule has 0 radical (unpaired) electrons. The maximum Gasteiger partial charge on any atom is 0.306 e. The molecule has 0 unspecified atom stereocenters. The van der Waals surface area contributed by atoms with Crippen molar-refractivity contribution in [3.8, 4) is 0 Å². The first-order valence-corrected chi connectivity index (χ1v) is 9.88. The summed E-state index contributed by atoms with van der Waals surface area (Å²) >= 11 is 0. The third kappa shape index (κ3) is 4.80. The summed E-state index contributed by atoms with van der Waals surface area (Å²) in [6.45, 7) is 6.09. The summed E-state index contributed by atoms with van der Waals surface area (Å²) in [5, 5.41) is 2.59. The number of aryl methyl sites for hydroxylation is 1. The number of esters is 1. The number of anilines is 1. The van der Waals surface area contributed by atoms with E-state index >= 15 is 0 Å². The largest absolute Gasteiger partial charge is 0.453 e.